The van der Waals surface area contributed by atoms with Gasteiger partial charge in [-0.25, -0.2) is 4.68 Å². The van der Waals surface area contributed by atoms with Crippen LogP contribution in [0, 0.1) is 22.1 Å². The van der Waals surface area contributed by atoms with E-state index in [2.05, 4.69) is 32.0 Å². The average Bonchev–Trinajstić information content (AvgIpc) is 2.88. The Balaban J connectivity index is 2.17. The van der Waals surface area contributed by atoms with Gasteiger partial charge in [0.25, 0.3) is 4.84 Å². The fourth-order valence-corrected chi connectivity index (χ4v) is 2.45. The lowest BCUT2D eigenvalue weighted by Crippen LogP contribution is -2.30. The minimum atomic E-state index is -0.0352. The predicted molar refractivity (Wildman–Crippen MR) is 90.5 cm³/mol. The van der Waals surface area contributed by atoms with Crippen molar-refractivity contribution in [2.24, 2.45) is 5.92 Å². The standard InChI is InChI=1S/C15H17BrN4OS/c1-3-19(9-11(2)8-17)10-20-15(22)21-14(18-20)12-4-6-13(16)7-5-12/h4-7,11H,3,9-10H2,1-2H3. The van der Waals surface area contributed by atoms with Gasteiger partial charge in [-0.05, 0) is 50.0 Å². The molecule has 0 fully saturated rings. The number of rotatable bonds is 6. The molecule has 1 unspecified atom stereocenters. The van der Waals surface area contributed by atoms with E-state index in [0.717, 1.165) is 16.6 Å². The van der Waals surface area contributed by atoms with Crippen molar-refractivity contribution in [1.29, 1.82) is 5.26 Å². The molecule has 1 atom stereocenters. The molecule has 116 valence electrons. The highest BCUT2D eigenvalue weighted by Gasteiger charge is 2.13. The van der Waals surface area contributed by atoms with Crippen LogP contribution >= 0.6 is 28.1 Å². The second-order valence-corrected chi connectivity index (χ2v) is 6.29. The zero-order valence-electron chi connectivity index (χ0n) is 12.5. The Labute approximate surface area is 143 Å². The predicted octanol–water partition coefficient (Wildman–Crippen LogP) is 4.07. The van der Waals surface area contributed by atoms with Gasteiger partial charge in [-0.15, -0.1) is 5.10 Å². The van der Waals surface area contributed by atoms with Crippen LogP contribution in [0.1, 0.15) is 13.8 Å². The average molecular weight is 381 g/mol. The summed E-state index contributed by atoms with van der Waals surface area (Å²) in [5.41, 5.74) is 0.876. The monoisotopic (exact) mass is 380 g/mol. The quantitative estimate of drug-likeness (QED) is 0.706. The van der Waals surface area contributed by atoms with E-state index in [1.807, 2.05) is 38.1 Å². The Morgan fingerprint density at radius 1 is 1.45 bits per heavy atom. The first kappa shape index (κ1) is 16.9. The molecule has 0 aliphatic heterocycles. The van der Waals surface area contributed by atoms with E-state index in [1.54, 1.807) is 4.68 Å². The van der Waals surface area contributed by atoms with Crippen LogP contribution in [0.2, 0.25) is 0 Å². The van der Waals surface area contributed by atoms with Gasteiger partial charge in [-0.1, -0.05) is 22.9 Å². The van der Waals surface area contributed by atoms with Crippen molar-refractivity contribution in [2.75, 3.05) is 13.1 Å². The summed E-state index contributed by atoms with van der Waals surface area (Å²) in [5.74, 6) is 0.467. The van der Waals surface area contributed by atoms with E-state index in [9.17, 15) is 0 Å². The molecule has 1 aromatic heterocycles. The molecule has 22 heavy (non-hydrogen) atoms. The van der Waals surface area contributed by atoms with Gasteiger partial charge >= 0.3 is 0 Å². The molecular formula is C15H17BrN4OS. The van der Waals surface area contributed by atoms with Crippen molar-refractivity contribution in [2.45, 2.75) is 20.5 Å². The van der Waals surface area contributed by atoms with E-state index in [4.69, 9.17) is 21.9 Å². The number of nitriles is 1. The van der Waals surface area contributed by atoms with E-state index in [1.165, 1.54) is 0 Å². The van der Waals surface area contributed by atoms with Crippen LogP contribution in [0.15, 0.2) is 33.2 Å². The van der Waals surface area contributed by atoms with Crippen molar-refractivity contribution in [3.63, 3.8) is 0 Å². The molecule has 0 saturated heterocycles. The van der Waals surface area contributed by atoms with Crippen molar-refractivity contribution in [3.05, 3.63) is 33.6 Å². The fraction of sp³-hybridized carbons (Fsp3) is 0.400. The molecule has 1 heterocycles. The van der Waals surface area contributed by atoms with Gasteiger partial charge in [0, 0.05) is 16.6 Å². The lowest BCUT2D eigenvalue weighted by molar-refractivity contribution is 0.199. The van der Waals surface area contributed by atoms with Crippen molar-refractivity contribution in [3.8, 4) is 17.5 Å². The number of halogens is 1. The van der Waals surface area contributed by atoms with Gasteiger partial charge < -0.3 is 4.42 Å². The third-order valence-electron chi connectivity index (χ3n) is 3.23. The molecule has 7 heteroatoms. The van der Waals surface area contributed by atoms with Gasteiger partial charge in [-0.2, -0.15) is 5.26 Å². The highest BCUT2D eigenvalue weighted by molar-refractivity contribution is 9.10. The fourth-order valence-electron chi connectivity index (χ4n) is 2.01. The smallest absolute Gasteiger partial charge is 0.288 e. The summed E-state index contributed by atoms with van der Waals surface area (Å²) in [6.07, 6.45) is 0. The second kappa shape index (κ2) is 7.68. The van der Waals surface area contributed by atoms with E-state index in [0.29, 0.717) is 23.9 Å². The van der Waals surface area contributed by atoms with Gasteiger partial charge in [-0.3, -0.25) is 4.90 Å². The van der Waals surface area contributed by atoms with Crippen LogP contribution in [-0.2, 0) is 6.67 Å². The number of hydrogen-bond acceptors (Lipinski definition) is 5. The van der Waals surface area contributed by atoms with E-state index in [-0.39, 0.29) is 5.92 Å². The van der Waals surface area contributed by atoms with Crippen molar-refractivity contribution >= 4 is 28.1 Å². The van der Waals surface area contributed by atoms with Crippen LogP contribution in [0.3, 0.4) is 0 Å². The highest BCUT2D eigenvalue weighted by atomic mass is 79.9. The van der Waals surface area contributed by atoms with Crippen LogP contribution in [0.5, 0.6) is 0 Å². The molecule has 0 N–H and O–H groups in total. The van der Waals surface area contributed by atoms with Gasteiger partial charge in [0.15, 0.2) is 0 Å². The highest BCUT2D eigenvalue weighted by Crippen LogP contribution is 2.20. The molecular weight excluding hydrogens is 364 g/mol. The molecule has 0 saturated carbocycles. The Morgan fingerprint density at radius 3 is 2.73 bits per heavy atom. The first-order valence-electron chi connectivity index (χ1n) is 6.99. The van der Waals surface area contributed by atoms with Gasteiger partial charge in [0.05, 0.1) is 18.7 Å². The zero-order valence-corrected chi connectivity index (χ0v) is 14.9. The molecule has 5 nitrogen and oxygen atoms in total. The van der Waals surface area contributed by atoms with Crippen LogP contribution < -0.4 is 0 Å². The van der Waals surface area contributed by atoms with Crippen LogP contribution in [0.25, 0.3) is 11.5 Å². The minimum Gasteiger partial charge on any atom is -0.409 e. The third-order valence-corrected chi connectivity index (χ3v) is 4.05. The topological polar surface area (TPSA) is 58.0 Å². The normalized spacial score (nSPS) is 12.3. The molecule has 0 aliphatic rings. The molecule has 2 aromatic rings. The van der Waals surface area contributed by atoms with Crippen LogP contribution in [0.4, 0.5) is 0 Å². The summed E-state index contributed by atoms with van der Waals surface area (Å²) in [6.45, 7) is 5.95. The first-order valence-corrected chi connectivity index (χ1v) is 8.19. The Morgan fingerprint density at radius 2 is 2.14 bits per heavy atom. The maximum absolute atomic E-state index is 8.93. The summed E-state index contributed by atoms with van der Waals surface area (Å²) >= 11 is 8.64. The summed E-state index contributed by atoms with van der Waals surface area (Å²) < 4.78 is 8.23. The number of aromatic nitrogens is 2. The molecule has 0 amide bonds. The zero-order chi connectivity index (χ0) is 16.1. The summed E-state index contributed by atoms with van der Waals surface area (Å²) in [4.78, 5) is 2.44. The second-order valence-electron chi connectivity index (χ2n) is 5.02. The third kappa shape index (κ3) is 4.26. The number of benzene rings is 1. The van der Waals surface area contributed by atoms with E-state index < -0.39 is 0 Å². The molecule has 2 rings (SSSR count). The molecule has 0 aliphatic carbocycles. The van der Waals surface area contributed by atoms with Crippen molar-refractivity contribution in [1.82, 2.24) is 14.7 Å². The lowest BCUT2D eigenvalue weighted by atomic mass is 10.2. The molecule has 0 bridgehead atoms. The Bertz CT molecular complexity index is 716. The molecule has 0 spiro atoms. The molecule has 1 aromatic carbocycles. The Hall–Kier alpha value is -1.49. The van der Waals surface area contributed by atoms with Gasteiger partial charge in [0.1, 0.15) is 0 Å². The SMILES string of the molecule is CCN(CC(C)C#N)Cn1nc(-c2ccc(Br)cc2)oc1=S. The summed E-state index contributed by atoms with van der Waals surface area (Å²) in [7, 11) is 0. The number of nitrogens with zero attached hydrogens (tertiary/aromatic N) is 4. The lowest BCUT2D eigenvalue weighted by Gasteiger charge is -2.20. The largest absolute Gasteiger partial charge is 0.409 e. The number of hydrogen-bond donors (Lipinski definition) is 0. The maximum atomic E-state index is 8.93. The summed E-state index contributed by atoms with van der Waals surface area (Å²) in [6, 6.07) is 9.94. The van der Waals surface area contributed by atoms with E-state index >= 15 is 0 Å². The minimum absolute atomic E-state index is 0.0352. The van der Waals surface area contributed by atoms with Crippen molar-refractivity contribution < 1.29 is 4.42 Å². The first-order chi connectivity index (χ1) is 10.5. The summed E-state index contributed by atoms with van der Waals surface area (Å²) in [5, 5.41) is 13.4. The maximum Gasteiger partial charge on any atom is 0.288 e. The van der Waals surface area contributed by atoms with Gasteiger partial charge in [0.2, 0.25) is 5.89 Å². The van der Waals surface area contributed by atoms with Crippen LogP contribution in [-0.4, -0.2) is 27.8 Å². The Kier molecular flexibility index (Phi) is 5.89. The molecule has 0 radical (unpaired) electrons.